The molecule has 0 aromatic heterocycles. The van der Waals surface area contributed by atoms with Crippen LogP contribution < -0.4 is 14.8 Å². The van der Waals surface area contributed by atoms with Crippen LogP contribution in [0.2, 0.25) is 0 Å². The van der Waals surface area contributed by atoms with Crippen LogP contribution in [-0.4, -0.2) is 49.3 Å². The number of nitrogens with zero attached hydrogens (tertiary/aromatic N) is 1. The Bertz CT molecular complexity index is 1260. The number of methoxy groups -OCH3 is 1. The molecule has 8 heteroatoms. The molecule has 1 aliphatic rings. The van der Waals surface area contributed by atoms with Crippen molar-refractivity contribution in [2.75, 3.05) is 26.9 Å². The van der Waals surface area contributed by atoms with Gasteiger partial charge in [-0.15, -0.1) is 0 Å². The Morgan fingerprint density at radius 3 is 2.61 bits per heavy atom. The normalized spacial score (nSPS) is 18.4. The smallest absolute Gasteiger partial charge is 0.252 e. The summed E-state index contributed by atoms with van der Waals surface area (Å²) in [5, 5.41) is 12.1. The SMILES string of the molecule is CCCNC(=O)[C@]1(Cc2ccccc2Br)N=C(c2ccc(OCCCO)cc2)O[C@@H]1c1cccc(OC)c1. The number of nitrogens with one attached hydrogen (secondary N) is 1. The molecule has 0 fully saturated rings. The van der Waals surface area contributed by atoms with Crippen LogP contribution in [0.1, 0.15) is 42.6 Å². The minimum Gasteiger partial charge on any atom is -0.497 e. The van der Waals surface area contributed by atoms with Gasteiger partial charge in [0.1, 0.15) is 11.5 Å². The van der Waals surface area contributed by atoms with Crippen molar-refractivity contribution in [2.45, 2.75) is 37.8 Å². The molecule has 1 amide bonds. The van der Waals surface area contributed by atoms with Gasteiger partial charge in [-0.1, -0.05) is 53.2 Å². The third-order valence-electron chi connectivity index (χ3n) is 6.38. The largest absolute Gasteiger partial charge is 0.497 e. The maximum absolute atomic E-state index is 14.0. The number of aliphatic hydroxyl groups is 1. The van der Waals surface area contributed by atoms with Gasteiger partial charge in [0.2, 0.25) is 5.90 Å². The molecule has 0 saturated carbocycles. The van der Waals surface area contributed by atoms with E-state index >= 15 is 0 Å². The van der Waals surface area contributed by atoms with E-state index in [1.165, 1.54) is 0 Å². The van der Waals surface area contributed by atoms with Crippen molar-refractivity contribution in [2.24, 2.45) is 4.99 Å². The number of hydrogen-bond donors (Lipinski definition) is 2. The lowest BCUT2D eigenvalue weighted by Crippen LogP contribution is -2.50. The molecule has 3 aromatic rings. The van der Waals surface area contributed by atoms with Gasteiger partial charge in [-0.2, -0.15) is 0 Å². The van der Waals surface area contributed by atoms with E-state index in [4.69, 9.17) is 24.3 Å². The van der Waals surface area contributed by atoms with Gasteiger partial charge in [0.25, 0.3) is 5.91 Å². The van der Waals surface area contributed by atoms with Gasteiger partial charge in [-0.05, 0) is 60.0 Å². The number of aliphatic hydroxyl groups excluding tert-OH is 1. The first kappa shape index (κ1) is 27.7. The van der Waals surface area contributed by atoms with Crippen molar-refractivity contribution < 1.29 is 24.1 Å². The van der Waals surface area contributed by atoms with Gasteiger partial charge in [0, 0.05) is 36.0 Å². The average Bonchev–Trinajstić information content (AvgIpc) is 3.34. The Morgan fingerprint density at radius 2 is 1.89 bits per heavy atom. The standard InChI is InChI=1S/C30H33BrN2O5/c1-3-16-32-29(35)30(20-23-8-4-5-11-26(23)31)27(22-9-6-10-25(19-22)36-2)38-28(33-30)21-12-14-24(15-13-21)37-18-7-17-34/h4-6,8-15,19,27,34H,3,7,16-18,20H2,1-2H3,(H,32,35)/t27-,30-/m1/s1. The summed E-state index contributed by atoms with van der Waals surface area (Å²) in [5.41, 5.74) is 1.24. The fraction of sp³-hybridized carbons (Fsp3) is 0.333. The van der Waals surface area contributed by atoms with E-state index in [0.717, 1.165) is 27.6 Å². The number of amides is 1. The second-order valence-corrected chi connectivity index (χ2v) is 9.94. The minimum atomic E-state index is -1.25. The molecule has 3 aromatic carbocycles. The number of hydrogen-bond acceptors (Lipinski definition) is 6. The van der Waals surface area contributed by atoms with Crippen LogP contribution in [0.3, 0.4) is 0 Å². The summed E-state index contributed by atoms with van der Waals surface area (Å²) in [6.07, 6.45) is 1.01. The fourth-order valence-corrected chi connectivity index (χ4v) is 4.84. The first-order valence-corrected chi connectivity index (χ1v) is 13.6. The zero-order chi connectivity index (χ0) is 27.0. The van der Waals surface area contributed by atoms with Crippen molar-refractivity contribution >= 4 is 27.7 Å². The average molecular weight is 582 g/mol. The molecular weight excluding hydrogens is 548 g/mol. The van der Waals surface area contributed by atoms with Crippen molar-refractivity contribution in [3.63, 3.8) is 0 Å². The predicted molar refractivity (Wildman–Crippen MR) is 151 cm³/mol. The Hall–Kier alpha value is -3.36. The Kier molecular flexibility index (Phi) is 9.42. The van der Waals surface area contributed by atoms with Crippen LogP contribution in [0.4, 0.5) is 0 Å². The fourth-order valence-electron chi connectivity index (χ4n) is 4.41. The highest BCUT2D eigenvalue weighted by Gasteiger charge is 2.53. The molecule has 1 heterocycles. The van der Waals surface area contributed by atoms with Gasteiger partial charge >= 0.3 is 0 Å². The molecule has 0 aliphatic carbocycles. The van der Waals surface area contributed by atoms with Crippen LogP contribution in [0.25, 0.3) is 0 Å². The Balaban J connectivity index is 1.79. The zero-order valence-corrected chi connectivity index (χ0v) is 23.2. The van der Waals surface area contributed by atoms with E-state index in [1.807, 2.05) is 79.7 Å². The predicted octanol–water partition coefficient (Wildman–Crippen LogP) is 5.24. The Labute approximate surface area is 232 Å². The van der Waals surface area contributed by atoms with Gasteiger partial charge in [0.15, 0.2) is 11.6 Å². The van der Waals surface area contributed by atoms with E-state index in [0.29, 0.717) is 43.4 Å². The van der Waals surface area contributed by atoms with Crippen LogP contribution in [-0.2, 0) is 16.0 Å². The summed E-state index contributed by atoms with van der Waals surface area (Å²) in [5.74, 6) is 1.55. The summed E-state index contributed by atoms with van der Waals surface area (Å²) in [6.45, 7) is 3.06. The van der Waals surface area contributed by atoms with Crippen molar-refractivity contribution in [1.82, 2.24) is 5.32 Å². The summed E-state index contributed by atoms with van der Waals surface area (Å²) >= 11 is 3.65. The van der Waals surface area contributed by atoms with Crippen molar-refractivity contribution in [1.29, 1.82) is 0 Å². The number of benzene rings is 3. The summed E-state index contributed by atoms with van der Waals surface area (Å²) in [7, 11) is 1.61. The molecule has 1 aliphatic heterocycles. The molecule has 7 nitrogen and oxygen atoms in total. The molecule has 2 atom stereocenters. The van der Waals surface area contributed by atoms with E-state index < -0.39 is 11.6 Å². The number of aliphatic imine (C=N–C) groups is 1. The van der Waals surface area contributed by atoms with E-state index in [9.17, 15) is 4.79 Å². The van der Waals surface area contributed by atoms with Gasteiger partial charge in [-0.3, -0.25) is 4.79 Å². The Morgan fingerprint density at radius 1 is 1.11 bits per heavy atom. The number of rotatable bonds is 12. The number of halogens is 1. The molecule has 0 saturated heterocycles. The first-order valence-electron chi connectivity index (χ1n) is 12.8. The van der Waals surface area contributed by atoms with Crippen LogP contribution in [0.5, 0.6) is 11.5 Å². The van der Waals surface area contributed by atoms with E-state index in [-0.39, 0.29) is 12.5 Å². The minimum absolute atomic E-state index is 0.0775. The molecule has 0 bridgehead atoms. The zero-order valence-electron chi connectivity index (χ0n) is 21.7. The molecule has 38 heavy (non-hydrogen) atoms. The summed E-state index contributed by atoms with van der Waals surface area (Å²) in [6, 6.07) is 22.8. The molecule has 0 radical (unpaired) electrons. The van der Waals surface area contributed by atoms with E-state index in [2.05, 4.69) is 21.2 Å². The molecule has 0 spiro atoms. The molecular formula is C30H33BrN2O5. The molecule has 4 rings (SSSR count). The third-order valence-corrected chi connectivity index (χ3v) is 7.15. The first-order chi connectivity index (χ1) is 18.5. The number of carbonyl (C=O) groups is 1. The highest BCUT2D eigenvalue weighted by atomic mass is 79.9. The van der Waals surface area contributed by atoms with Crippen LogP contribution in [0.15, 0.2) is 82.3 Å². The maximum atomic E-state index is 14.0. The van der Waals surface area contributed by atoms with Gasteiger partial charge < -0.3 is 24.6 Å². The van der Waals surface area contributed by atoms with Crippen LogP contribution >= 0.6 is 15.9 Å². The van der Waals surface area contributed by atoms with Crippen molar-refractivity contribution in [3.8, 4) is 11.5 Å². The third kappa shape index (κ3) is 6.19. The van der Waals surface area contributed by atoms with Crippen LogP contribution in [0, 0.1) is 0 Å². The quantitative estimate of drug-likeness (QED) is 0.286. The molecule has 2 N–H and O–H groups in total. The van der Waals surface area contributed by atoms with Gasteiger partial charge in [0.05, 0.1) is 13.7 Å². The van der Waals surface area contributed by atoms with Gasteiger partial charge in [-0.25, -0.2) is 4.99 Å². The van der Waals surface area contributed by atoms with Crippen molar-refractivity contribution in [3.05, 3.63) is 94.0 Å². The van der Waals surface area contributed by atoms with E-state index in [1.54, 1.807) is 7.11 Å². The molecule has 0 unspecified atom stereocenters. The monoisotopic (exact) mass is 580 g/mol. The topological polar surface area (TPSA) is 89.4 Å². The summed E-state index contributed by atoms with van der Waals surface area (Å²) < 4.78 is 18.6. The summed E-state index contributed by atoms with van der Waals surface area (Å²) in [4.78, 5) is 19.0. The molecule has 200 valence electrons. The maximum Gasteiger partial charge on any atom is 0.252 e. The number of ether oxygens (including phenoxy) is 3. The second-order valence-electron chi connectivity index (χ2n) is 9.09. The lowest BCUT2D eigenvalue weighted by atomic mass is 9.82. The second kappa shape index (κ2) is 12.9. The lowest BCUT2D eigenvalue weighted by Gasteiger charge is -2.31. The highest BCUT2D eigenvalue weighted by Crippen LogP contribution is 2.44. The number of carbonyl (C=O) groups excluding carboxylic acids is 1. The lowest BCUT2D eigenvalue weighted by molar-refractivity contribution is -0.128. The highest BCUT2D eigenvalue weighted by molar-refractivity contribution is 9.10.